The van der Waals surface area contributed by atoms with Gasteiger partial charge in [-0.15, -0.1) is 0 Å². The van der Waals surface area contributed by atoms with Crippen LogP contribution in [-0.4, -0.2) is 15.0 Å². The molecule has 2 aromatic heterocycles. The molecule has 2 aromatic rings. The van der Waals surface area contributed by atoms with Crippen LogP contribution in [0.2, 0.25) is 5.15 Å². The Labute approximate surface area is 98.7 Å². The molecule has 0 atom stereocenters. The highest BCUT2D eigenvalue weighted by Crippen LogP contribution is 2.20. The van der Waals surface area contributed by atoms with Gasteiger partial charge in [-0.3, -0.25) is 0 Å². The molecule has 2 heterocycles. The molecule has 82 valence electrons. The first-order valence-corrected chi connectivity index (χ1v) is 5.23. The second-order valence-corrected chi connectivity index (χ2v) is 3.80. The number of nitrogens with one attached hydrogen (secondary N) is 1. The number of aryl methyl sites for hydroxylation is 2. The average molecular weight is 235 g/mol. The van der Waals surface area contributed by atoms with E-state index in [0.29, 0.717) is 16.8 Å². The maximum atomic E-state index is 5.92. The molecule has 0 bridgehead atoms. The highest BCUT2D eigenvalue weighted by Gasteiger charge is 2.03. The van der Waals surface area contributed by atoms with E-state index in [4.69, 9.17) is 11.6 Å². The Morgan fingerprint density at radius 2 is 1.88 bits per heavy atom. The van der Waals surface area contributed by atoms with E-state index in [0.717, 1.165) is 11.4 Å². The predicted octanol–water partition coefficient (Wildman–Crippen LogP) is 2.89. The summed E-state index contributed by atoms with van der Waals surface area (Å²) in [5, 5.41) is 3.44. The lowest BCUT2D eigenvalue weighted by Gasteiger charge is -2.07. The molecule has 2 rings (SSSR count). The first-order valence-electron chi connectivity index (χ1n) is 4.85. The fourth-order valence-electron chi connectivity index (χ4n) is 1.38. The predicted molar refractivity (Wildman–Crippen MR) is 64.0 cm³/mol. The Morgan fingerprint density at radius 1 is 1.19 bits per heavy atom. The van der Waals surface area contributed by atoms with E-state index < -0.39 is 0 Å². The zero-order valence-electron chi connectivity index (χ0n) is 9.03. The molecule has 0 aromatic carbocycles. The van der Waals surface area contributed by atoms with Crippen molar-refractivity contribution in [2.24, 2.45) is 0 Å². The van der Waals surface area contributed by atoms with Crippen LogP contribution in [0.25, 0.3) is 0 Å². The number of halogens is 1. The molecule has 0 radical (unpaired) electrons. The van der Waals surface area contributed by atoms with Gasteiger partial charge in [-0.2, -0.15) is 0 Å². The van der Waals surface area contributed by atoms with Crippen LogP contribution in [0.1, 0.15) is 11.4 Å². The summed E-state index contributed by atoms with van der Waals surface area (Å²) < 4.78 is 0. The Hall–Kier alpha value is -1.68. The Balaban J connectivity index is 2.30. The van der Waals surface area contributed by atoms with Gasteiger partial charge in [-0.1, -0.05) is 11.6 Å². The van der Waals surface area contributed by atoms with Crippen LogP contribution in [-0.2, 0) is 0 Å². The van der Waals surface area contributed by atoms with Crippen molar-refractivity contribution in [1.29, 1.82) is 0 Å². The zero-order valence-corrected chi connectivity index (χ0v) is 9.78. The third-order valence-corrected chi connectivity index (χ3v) is 2.29. The Bertz CT molecular complexity index is 493. The molecule has 0 spiro atoms. The summed E-state index contributed by atoms with van der Waals surface area (Å²) in [6.45, 7) is 3.84. The van der Waals surface area contributed by atoms with Crippen LogP contribution in [0.15, 0.2) is 24.4 Å². The summed E-state index contributed by atoms with van der Waals surface area (Å²) in [5.74, 6) is 0.535. The third kappa shape index (κ3) is 2.46. The molecular weight excluding hydrogens is 224 g/mol. The summed E-state index contributed by atoms with van der Waals surface area (Å²) >= 11 is 5.92. The van der Waals surface area contributed by atoms with Gasteiger partial charge in [-0.25, -0.2) is 15.0 Å². The average Bonchev–Trinajstić information content (AvgIpc) is 2.20. The first kappa shape index (κ1) is 10.8. The van der Waals surface area contributed by atoms with E-state index >= 15 is 0 Å². The maximum Gasteiger partial charge on any atom is 0.227 e. The Kier molecular flexibility index (Phi) is 3.01. The number of hydrogen-bond acceptors (Lipinski definition) is 4. The number of pyridine rings is 1. The maximum absolute atomic E-state index is 5.92. The van der Waals surface area contributed by atoms with Crippen molar-refractivity contribution in [3.05, 3.63) is 40.9 Å². The second kappa shape index (κ2) is 4.45. The summed E-state index contributed by atoms with van der Waals surface area (Å²) in [5.41, 5.74) is 2.53. The third-order valence-electron chi connectivity index (χ3n) is 1.99. The minimum absolute atomic E-state index is 0.408. The van der Waals surface area contributed by atoms with Crippen molar-refractivity contribution in [3.8, 4) is 0 Å². The SMILES string of the molecule is Cc1cc(C)nc(Nc2cccnc2Cl)n1. The van der Waals surface area contributed by atoms with Crippen molar-refractivity contribution >= 4 is 23.2 Å². The van der Waals surface area contributed by atoms with E-state index in [2.05, 4.69) is 20.3 Å². The molecule has 1 N–H and O–H groups in total. The highest BCUT2D eigenvalue weighted by atomic mass is 35.5. The minimum Gasteiger partial charge on any atom is -0.322 e. The van der Waals surface area contributed by atoms with Crippen molar-refractivity contribution in [2.75, 3.05) is 5.32 Å². The van der Waals surface area contributed by atoms with Gasteiger partial charge in [0.15, 0.2) is 5.15 Å². The highest BCUT2D eigenvalue weighted by molar-refractivity contribution is 6.32. The fraction of sp³-hybridized carbons (Fsp3) is 0.182. The molecule has 0 fully saturated rings. The van der Waals surface area contributed by atoms with Crippen LogP contribution < -0.4 is 5.32 Å². The van der Waals surface area contributed by atoms with E-state index in [1.54, 1.807) is 12.3 Å². The molecular formula is C11H11ClN4. The van der Waals surface area contributed by atoms with Crippen LogP contribution in [0.3, 0.4) is 0 Å². The lowest BCUT2D eigenvalue weighted by molar-refractivity contribution is 1.06. The van der Waals surface area contributed by atoms with E-state index in [9.17, 15) is 0 Å². The molecule has 5 heteroatoms. The molecule has 0 saturated heterocycles. The number of hydrogen-bond donors (Lipinski definition) is 1. The Morgan fingerprint density at radius 3 is 2.50 bits per heavy atom. The van der Waals surface area contributed by atoms with Gasteiger partial charge in [0.25, 0.3) is 0 Å². The molecule has 0 saturated carbocycles. The number of rotatable bonds is 2. The van der Waals surface area contributed by atoms with Crippen molar-refractivity contribution in [2.45, 2.75) is 13.8 Å². The molecule has 0 aliphatic carbocycles. The van der Waals surface area contributed by atoms with Crippen molar-refractivity contribution in [3.63, 3.8) is 0 Å². The van der Waals surface area contributed by atoms with Crippen molar-refractivity contribution < 1.29 is 0 Å². The van der Waals surface area contributed by atoms with Crippen LogP contribution in [0.5, 0.6) is 0 Å². The number of anilines is 2. The smallest absolute Gasteiger partial charge is 0.227 e. The van der Waals surface area contributed by atoms with Gasteiger partial charge in [0.1, 0.15) is 0 Å². The van der Waals surface area contributed by atoms with Gasteiger partial charge in [0, 0.05) is 17.6 Å². The van der Waals surface area contributed by atoms with Gasteiger partial charge < -0.3 is 5.32 Å². The van der Waals surface area contributed by atoms with Crippen molar-refractivity contribution in [1.82, 2.24) is 15.0 Å². The van der Waals surface area contributed by atoms with Crippen LogP contribution in [0.4, 0.5) is 11.6 Å². The number of aromatic nitrogens is 3. The molecule has 0 aliphatic heterocycles. The quantitative estimate of drug-likeness (QED) is 0.812. The van der Waals surface area contributed by atoms with Gasteiger partial charge in [0.05, 0.1) is 5.69 Å². The van der Waals surface area contributed by atoms with Crippen LogP contribution in [0, 0.1) is 13.8 Å². The van der Waals surface area contributed by atoms with E-state index in [-0.39, 0.29) is 0 Å². The normalized spacial score (nSPS) is 10.2. The minimum atomic E-state index is 0.408. The van der Waals surface area contributed by atoms with E-state index in [1.807, 2.05) is 26.0 Å². The molecule has 16 heavy (non-hydrogen) atoms. The van der Waals surface area contributed by atoms with Gasteiger partial charge >= 0.3 is 0 Å². The summed E-state index contributed by atoms with van der Waals surface area (Å²) in [4.78, 5) is 12.5. The molecule has 0 aliphatic rings. The van der Waals surface area contributed by atoms with Gasteiger partial charge in [-0.05, 0) is 32.0 Å². The molecule has 4 nitrogen and oxygen atoms in total. The monoisotopic (exact) mass is 234 g/mol. The largest absolute Gasteiger partial charge is 0.322 e. The molecule has 0 unspecified atom stereocenters. The summed E-state index contributed by atoms with van der Waals surface area (Å²) in [7, 11) is 0. The number of nitrogens with zero attached hydrogens (tertiary/aromatic N) is 3. The standard InChI is InChI=1S/C11H11ClN4/c1-7-6-8(2)15-11(14-7)16-9-4-3-5-13-10(9)12/h3-6H,1-2H3,(H,14,15,16). The zero-order chi connectivity index (χ0) is 11.5. The van der Waals surface area contributed by atoms with Crippen LogP contribution >= 0.6 is 11.6 Å². The van der Waals surface area contributed by atoms with Gasteiger partial charge in [0.2, 0.25) is 5.95 Å². The lowest BCUT2D eigenvalue weighted by atomic mass is 10.3. The fourth-order valence-corrected chi connectivity index (χ4v) is 1.55. The first-order chi connectivity index (χ1) is 7.65. The topological polar surface area (TPSA) is 50.7 Å². The summed E-state index contributed by atoms with van der Waals surface area (Å²) in [6.07, 6.45) is 1.63. The summed E-state index contributed by atoms with van der Waals surface area (Å²) in [6, 6.07) is 5.54. The second-order valence-electron chi connectivity index (χ2n) is 3.44. The van der Waals surface area contributed by atoms with E-state index in [1.165, 1.54) is 0 Å². The molecule has 0 amide bonds. The lowest BCUT2D eigenvalue weighted by Crippen LogP contribution is -2.00.